The summed E-state index contributed by atoms with van der Waals surface area (Å²) in [5.41, 5.74) is 2.71. The van der Waals surface area contributed by atoms with Crippen LogP contribution in [0.5, 0.6) is 0 Å². The predicted molar refractivity (Wildman–Crippen MR) is 77.8 cm³/mol. The fourth-order valence-corrected chi connectivity index (χ4v) is 2.77. The lowest BCUT2D eigenvalue weighted by Crippen LogP contribution is -2.29. The molecule has 1 aromatic rings. The minimum Gasteiger partial charge on any atom is -0.478 e. The number of hydrogen-bond acceptors (Lipinski definition) is 2. The SMILES string of the molecule is Cc1cc(NC2CCC(C)(C)CC2)ccc1C(=O)O. The van der Waals surface area contributed by atoms with Gasteiger partial charge in [0.15, 0.2) is 0 Å². The molecule has 3 heteroatoms. The van der Waals surface area contributed by atoms with Crippen LogP contribution in [-0.2, 0) is 0 Å². The molecule has 1 saturated carbocycles. The van der Waals surface area contributed by atoms with Gasteiger partial charge in [-0.05, 0) is 61.8 Å². The van der Waals surface area contributed by atoms with Crippen molar-refractivity contribution in [2.45, 2.75) is 52.5 Å². The first-order valence-corrected chi connectivity index (χ1v) is 6.98. The first-order chi connectivity index (χ1) is 8.87. The van der Waals surface area contributed by atoms with Gasteiger partial charge in [-0.2, -0.15) is 0 Å². The quantitative estimate of drug-likeness (QED) is 0.862. The standard InChI is InChI=1S/C16H23NO2/c1-11-10-13(4-5-14(11)15(18)19)17-12-6-8-16(2,3)9-7-12/h4-5,10,12,17H,6-9H2,1-3H3,(H,18,19). The minimum atomic E-state index is -0.858. The summed E-state index contributed by atoms with van der Waals surface area (Å²) in [4.78, 5) is 11.0. The molecule has 1 aliphatic carbocycles. The molecule has 0 aromatic heterocycles. The molecule has 104 valence electrons. The third-order valence-corrected chi connectivity index (χ3v) is 4.17. The van der Waals surface area contributed by atoms with E-state index in [2.05, 4.69) is 19.2 Å². The van der Waals surface area contributed by atoms with E-state index in [4.69, 9.17) is 5.11 Å². The summed E-state index contributed by atoms with van der Waals surface area (Å²) in [6.45, 7) is 6.50. The molecule has 1 fully saturated rings. The molecular formula is C16H23NO2. The minimum absolute atomic E-state index is 0.385. The smallest absolute Gasteiger partial charge is 0.335 e. The van der Waals surface area contributed by atoms with E-state index in [0.717, 1.165) is 11.3 Å². The van der Waals surface area contributed by atoms with Gasteiger partial charge in [0.25, 0.3) is 0 Å². The molecule has 0 unspecified atom stereocenters. The highest BCUT2D eigenvalue weighted by Crippen LogP contribution is 2.36. The maximum Gasteiger partial charge on any atom is 0.335 e. The molecule has 2 rings (SSSR count). The second-order valence-electron chi connectivity index (χ2n) is 6.42. The van der Waals surface area contributed by atoms with Crippen LogP contribution < -0.4 is 5.32 Å². The number of hydrogen-bond donors (Lipinski definition) is 2. The molecule has 0 radical (unpaired) electrons. The number of nitrogens with one attached hydrogen (secondary N) is 1. The van der Waals surface area contributed by atoms with Crippen molar-refractivity contribution in [2.24, 2.45) is 5.41 Å². The number of aromatic carboxylic acids is 1. The van der Waals surface area contributed by atoms with Crippen molar-refractivity contribution in [1.82, 2.24) is 0 Å². The van der Waals surface area contributed by atoms with Crippen LogP contribution in [0.1, 0.15) is 55.5 Å². The summed E-state index contributed by atoms with van der Waals surface area (Å²) in [7, 11) is 0. The Morgan fingerprint density at radius 2 is 1.95 bits per heavy atom. The molecule has 0 heterocycles. The van der Waals surface area contributed by atoms with E-state index in [0.29, 0.717) is 17.0 Å². The van der Waals surface area contributed by atoms with Crippen LogP contribution >= 0.6 is 0 Å². The van der Waals surface area contributed by atoms with Crippen LogP contribution in [0.15, 0.2) is 18.2 Å². The highest BCUT2D eigenvalue weighted by Gasteiger charge is 2.26. The van der Waals surface area contributed by atoms with Gasteiger partial charge in [-0.1, -0.05) is 13.8 Å². The van der Waals surface area contributed by atoms with Crippen molar-refractivity contribution in [3.8, 4) is 0 Å². The van der Waals surface area contributed by atoms with E-state index in [1.165, 1.54) is 25.7 Å². The van der Waals surface area contributed by atoms with E-state index >= 15 is 0 Å². The van der Waals surface area contributed by atoms with Gasteiger partial charge in [0.2, 0.25) is 0 Å². The first kappa shape index (κ1) is 13.9. The molecule has 0 bridgehead atoms. The van der Waals surface area contributed by atoms with E-state index in [1.54, 1.807) is 6.07 Å². The molecule has 0 saturated heterocycles. The molecule has 0 atom stereocenters. The Labute approximate surface area is 115 Å². The van der Waals surface area contributed by atoms with Crippen LogP contribution in [-0.4, -0.2) is 17.1 Å². The molecule has 3 nitrogen and oxygen atoms in total. The summed E-state index contributed by atoms with van der Waals surface area (Å²) in [5.74, 6) is -0.858. The molecule has 0 spiro atoms. The molecule has 1 aliphatic rings. The maximum atomic E-state index is 11.0. The summed E-state index contributed by atoms with van der Waals surface area (Å²) in [5, 5.41) is 12.5. The molecular weight excluding hydrogens is 238 g/mol. The van der Waals surface area contributed by atoms with E-state index in [-0.39, 0.29) is 0 Å². The maximum absolute atomic E-state index is 11.0. The van der Waals surface area contributed by atoms with E-state index in [1.807, 2.05) is 19.1 Å². The second-order valence-corrected chi connectivity index (χ2v) is 6.42. The van der Waals surface area contributed by atoms with Crippen molar-refractivity contribution in [3.63, 3.8) is 0 Å². The molecule has 1 aromatic carbocycles. The lowest BCUT2D eigenvalue weighted by molar-refractivity contribution is 0.0696. The van der Waals surface area contributed by atoms with Gasteiger partial charge in [-0.15, -0.1) is 0 Å². The number of benzene rings is 1. The Morgan fingerprint density at radius 1 is 1.32 bits per heavy atom. The normalized spacial score (nSPS) is 19.1. The third kappa shape index (κ3) is 3.49. The Kier molecular flexibility index (Phi) is 3.83. The van der Waals surface area contributed by atoms with Crippen molar-refractivity contribution < 1.29 is 9.90 Å². The highest BCUT2D eigenvalue weighted by molar-refractivity contribution is 5.89. The van der Waals surface area contributed by atoms with Crippen molar-refractivity contribution in [2.75, 3.05) is 5.32 Å². The van der Waals surface area contributed by atoms with Crippen LogP contribution in [0.25, 0.3) is 0 Å². The monoisotopic (exact) mass is 261 g/mol. The van der Waals surface area contributed by atoms with Gasteiger partial charge in [-0.25, -0.2) is 4.79 Å². The van der Waals surface area contributed by atoms with Gasteiger partial charge >= 0.3 is 5.97 Å². The van der Waals surface area contributed by atoms with Gasteiger partial charge < -0.3 is 10.4 Å². The lowest BCUT2D eigenvalue weighted by atomic mass is 9.75. The number of rotatable bonds is 3. The summed E-state index contributed by atoms with van der Waals surface area (Å²) in [6, 6.07) is 6.01. The highest BCUT2D eigenvalue weighted by atomic mass is 16.4. The molecule has 19 heavy (non-hydrogen) atoms. The van der Waals surface area contributed by atoms with Gasteiger partial charge in [0, 0.05) is 11.7 Å². The average Bonchev–Trinajstić information content (AvgIpc) is 2.31. The van der Waals surface area contributed by atoms with Crippen LogP contribution in [0.3, 0.4) is 0 Å². The van der Waals surface area contributed by atoms with E-state index in [9.17, 15) is 4.79 Å². The zero-order valence-electron chi connectivity index (χ0n) is 12.0. The van der Waals surface area contributed by atoms with Gasteiger partial charge in [-0.3, -0.25) is 0 Å². The van der Waals surface area contributed by atoms with Gasteiger partial charge in [0.05, 0.1) is 5.56 Å². The first-order valence-electron chi connectivity index (χ1n) is 6.98. The fraction of sp³-hybridized carbons (Fsp3) is 0.562. The number of carboxylic acid groups (broad SMARTS) is 1. The average molecular weight is 261 g/mol. The Hall–Kier alpha value is -1.51. The Bertz CT molecular complexity index is 470. The zero-order chi connectivity index (χ0) is 14.0. The summed E-state index contributed by atoms with van der Waals surface area (Å²) in [6.07, 6.45) is 4.87. The van der Waals surface area contributed by atoms with E-state index < -0.39 is 5.97 Å². The zero-order valence-corrected chi connectivity index (χ0v) is 12.0. The lowest BCUT2D eigenvalue weighted by Gasteiger charge is -2.35. The Balaban J connectivity index is 2.01. The number of aryl methyl sites for hydroxylation is 1. The predicted octanol–water partition coefficient (Wildman–Crippen LogP) is 4.07. The number of anilines is 1. The number of carboxylic acids is 1. The van der Waals surface area contributed by atoms with Gasteiger partial charge in [0.1, 0.15) is 0 Å². The van der Waals surface area contributed by atoms with Crippen LogP contribution in [0, 0.1) is 12.3 Å². The molecule has 0 aliphatic heterocycles. The molecule has 0 amide bonds. The second kappa shape index (κ2) is 5.24. The third-order valence-electron chi connectivity index (χ3n) is 4.17. The largest absolute Gasteiger partial charge is 0.478 e. The van der Waals surface area contributed by atoms with Crippen LogP contribution in [0.4, 0.5) is 5.69 Å². The Morgan fingerprint density at radius 3 is 2.47 bits per heavy atom. The summed E-state index contributed by atoms with van der Waals surface area (Å²) >= 11 is 0. The molecule has 2 N–H and O–H groups in total. The number of carbonyl (C=O) groups is 1. The fourth-order valence-electron chi connectivity index (χ4n) is 2.77. The topological polar surface area (TPSA) is 49.3 Å². The van der Waals surface area contributed by atoms with Crippen molar-refractivity contribution in [1.29, 1.82) is 0 Å². The van der Waals surface area contributed by atoms with Crippen molar-refractivity contribution in [3.05, 3.63) is 29.3 Å². The summed E-state index contributed by atoms with van der Waals surface area (Å²) < 4.78 is 0. The van der Waals surface area contributed by atoms with Crippen molar-refractivity contribution >= 4 is 11.7 Å². The van der Waals surface area contributed by atoms with Crippen LogP contribution in [0.2, 0.25) is 0 Å².